The summed E-state index contributed by atoms with van der Waals surface area (Å²) in [5.41, 5.74) is 1.78. The summed E-state index contributed by atoms with van der Waals surface area (Å²) in [4.78, 5) is 22.4. The van der Waals surface area contributed by atoms with Crippen LogP contribution in [0.25, 0.3) is 0 Å². The van der Waals surface area contributed by atoms with Crippen molar-refractivity contribution in [1.82, 2.24) is 10.3 Å². The Kier molecular flexibility index (Phi) is 5.92. The Balaban J connectivity index is 1.91. The average Bonchev–Trinajstić information content (AvgIpc) is 3.26. The number of halogens is 2. The Morgan fingerprint density at radius 1 is 1.42 bits per heavy atom. The molecule has 8 heteroatoms. The van der Waals surface area contributed by atoms with E-state index in [0.29, 0.717) is 27.9 Å². The molecule has 31 heavy (non-hydrogen) atoms. The van der Waals surface area contributed by atoms with Crippen molar-refractivity contribution in [1.29, 1.82) is 0 Å². The lowest BCUT2D eigenvalue weighted by Crippen LogP contribution is -2.50. The highest BCUT2D eigenvalue weighted by molar-refractivity contribution is 7.11. The van der Waals surface area contributed by atoms with Crippen molar-refractivity contribution in [3.8, 4) is 0 Å². The molecule has 0 spiro atoms. The summed E-state index contributed by atoms with van der Waals surface area (Å²) in [7, 11) is 0. The Bertz CT molecular complexity index is 1060. The standard InChI is InChI=1S/C23H25ClFN3O2S/c1-5-30-22(29)17-18(14-7-6-13(25)11-16(14)24)27-20(21-26-8-9-31-21)28-19(17)15-10-12(2)23(15,3)4/h6-9,11-12,15,18H,5,10H2,1-4H3,(H,27,28). The number of benzene rings is 1. The summed E-state index contributed by atoms with van der Waals surface area (Å²) in [5.74, 6) is 0.327. The van der Waals surface area contributed by atoms with Gasteiger partial charge in [-0.05, 0) is 36.8 Å². The molecule has 1 aromatic heterocycles. The molecule has 2 aromatic rings. The quantitative estimate of drug-likeness (QED) is 0.595. The molecule has 0 amide bonds. The van der Waals surface area contributed by atoms with Crippen LogP contribution in [0.3, 0.4) is 0 Å². The van der Waals surface area contributed by atoms with Gasteiger partial charge in [0.15, 0.2) is 10.8 Å². The Labute approximate surface area is 190 Å². The number of aliphatic imine (C=N–C) groups is 1. The van der Waals surface area contributed by atoms with Crippen LogP contribution >= 0.6 is 22.9 Å². The van der Waals surface area contributed by atoms with Gasteiger partial charge in [0.05, 0.1) is 12.2 Å². The van der Waals surface area contributed by atoms with Crippen molar-refractivity contribution in [2.24, 2.45) is 22.2 Å². The van der Waals surface area contributed by atoms with Gasteiger partial charge in [0.2, 0.25) is 0 Å². The zero-order valence-corrected chi connectivity index (χ0v) is 19.5. The third kappa shape index (κ3) is 3.89. The number of esters is 1. The molecular formula is C23H25ClFN3O2S. The minimum Gasteiger partial charge on any atom is -0.463 e. The Morgan fingerprint density at radius 2 is 2.19 bits per heavy atom. The normalized spacial score (nSPS) is 24.8. The molecule has 3 atom stereocenters. The maximum Gasteiger partial charge on any atom is 0.338 e. The van der Waals surface area contributed by atoms with Crippen molar-refractivity contribution in [2.75, 3.05) is 6.61 Å². The number of nitrogens with one attached hydrogen (secondary N) is 1. The van der Waals surface area contributed by atoms with E-state index in [4.69, 9.17) is 21.3 Å². The maximum atomic E-state index is 13.8. The first-order chi connectivity index (χ1) is 14.7. The van der Waals surface area contributed by atoms with E-state index in [1.807, 2.05) is 5.38 Å². The predicted molar refractivity (Wildman–Crippen MR) is 121 cm³/mol. The molecule has 0 bridgehead atoms. The monoisotopic (exact) mass is 461 g/mol. The van der Waals surface area contributed by atoms with Crippen LogP contribution in [0, 0.1) is 23.1 Å². The zero-order valence-electron chi connectivity index (χ0n) is 17.9. The number of hydrogen-bond donors (Lipinski definition) is 1. The van der Waals surface area contributed by atoms with Gasteiger partial charge >= 0.3 is 5.97 Å². The molecule has 3 unspecified atom stereocenters. The number of aromatic nitrogens is 1. The third-order valence-electron chi connectivity index (χ3n) is 6.57. The van der Waals surface area contributed by atoms with Crippen LogP contribution in [0.1, 0.15) is 50.7 Å². The van der Waals surface area contributed by atoms with E-state index in [0.717, 1.165) is 12.1 Å². The predicted octanol–water partition coefficient (Wildman–Crippen LogP) is 5.53. The SMILES string of the molecule is CCOC(=O)C1=C(C2CC(C)C2(C)C)NC(c2nccs2)=NC1c1ccc(F)cc1Cl. The Morgan fingerprint density at radius 3 is 2.77 bits per heavy atom. The zero-order chi connectivity index (χ0) is 22.3. The summed E-state index contributed by atoms with van der Waals surface area (Å²) in [6.07, 6.45) is 2.65. The smallest absolute Gasteiger partial charge is 0.338 e. The molecule has 4 rings (SSSR count). The molecular weight excluding hydrogens is 437 g/mol. The van der Waals surface area contributed by atoms with Gasteiger partial charge in [-0.25, -0.2) is 14.2 Å². The molecule has 5 nitrogen and oxygen atoms in total. The molecule has 164 valence electrons. The molecule has 1 fully saturated rings. The third-order valence-corrected chi connectivity index (χ3v) is 7.68. The molecule has 0 radical (unpaired) electrons. The highest BCUT2D eigenvalue weighted by Crippen LogP contribution is 2.55. The summed E-state index contributed by atoms with van der Waals surface area (Å²) in [6, 6.07) is 3.45. The molecule has 1 aliphatic heterocycles. The fraction of sp³-hybridized carbons (Fsp3) is 0.435. The van der Waals surface area contributed by atoms with Crippen molar-refractivity contribution < 1.29 is 13.9 Å². The minimum atomic E-state index is -0.714. The number of thiazole rings is 1. The van der Waals surface area contributed by atoms with E-state index in [2.05, 4.69) is 31.1 Å². The van der Waals surface area contributed by atoms with Crippen LogP contribution in [0.4, 0.5) is 4.39 Å². The van der Waals surface area contributed by atoms with Crippen LogP contribution in [-0.2, 0) is 9.53 Å². The van der Waals surface area contributed by atoms with Gasteiger partial charge in [-0.15, -0.1) is 11.3 Å². The van der Waals surface area contributed by atoms with E-state index < -0.39 is 17.8 Å². The molecule has 2 aliphatic rings. The average molecular weight is 462 g/mol. The van der Waals surface area contributed by atoms with Gasteiger partial charge in [0.25, 0.3) is 0 Å². The van der Waals surface area contributed by atoms with Crippen LogP contribution in [0.15, 0.2) is 46.0 Å². The largest absolute Gasteiger partial charge is 0.463 e. The lowest BCUT2D eigenvalue weighted by molar-refractivity contribution is -0.139. The first-order valence-electron chi connectivity index (χ1n) is 10.3. The fourth-order valence-corrected chi connectivity index (χ4v) is 5.16. The molecule has 1 aromatic carbocycles. The number of carbonyl (C=O) groups excluding carboxylic acids is 1. The van der Waals surface area contributed by atoms with Gasteiger partial charge in [-0.3, -0.25) is 4.99 Å². The molecule has 1 saturated carbocycles. The second-order valence-corrected chi connectivity index (χ2v) is 9.87. The highest BCUT2D eigenvalue weighted by Gasteiger charge is 2.50. The van der Waals surface area contributed by atoms with Gasteiger partial charge in [-0.2, -0.15) is 0 Å². The summed E-state index contributed by atoms with van der Waals surface area (Å²) in [5, 5.41) is 6.22. The number of ether oxygens (including phenoxy) is 1. The van der Waals surface area contributed by atoms with E-state index >= 15 is 0 Å². The fourth-order valence-electron chi connectivity index (χ4n) is 4.30. The minimum absolute atomic E-state index is 0.0114. The van der Waals surface area contributed by atoms with Gasteiger partial charge in [0, 0.05) is 33.8 Å². The summed E-state index contributed by atoms with van der Waals surface area (Å²) < 4.78 is 19.2. The summed E-state index contributed by atoms with van der Waals surface area (Å²) >= 11 is 7.88. The van der Waals surface area contributed by atoms with Crippen LogP contribution < -0.4 is 5.32 Å². The van der Waals surface area contributed by atoms with E-state index in [1.54, 1.807) is 19.2 Å². The lowest BCUT2D eigenvalue weighted by Gasteiger charge is -2.53. The number of hydrogen-bond acceptors (Lipinski definition) is 6. The lowest BCUT2D eigenvalue weighted by atomic mass is 9.54. The number of allylic oxidation sites excluding steroid dienone is 1. The van der Waals surface area contributed by atoms with Crippen molar-refractivity contribution in [3.63, 3.8) is 0 Å². The molecule has 1 aliphatic carbocycles. The topological polar surface area (TPSA) is 63.6 Å². The number of amidine groups is 1. The number of nitrogens with zero attached hydrogens (tertiary/aromatic N) is 2. The van der Waals surface area contributed by atoms with Gasteiger partial charge < -0.3 is 10.1 Å². The van der Waals surface area contributed by atoms with Crippen LogP contribution in [-0.4, -0.2) is 23.4 Å². The van der Waals surface area contributed by atoms with Crippen molar-refractivity contribution >= 4 is 34.7 Å². The Hall–Kier alpha value is -2.25. The van der Waals surface area contributed by atoms with Crippen LogP contribution in [0.2, 0.25) is 5.02 Å². The number of rotatable bonds is 5. The second-order valence-electron chi connectivity index (χ2n) is 8.57. The summed E-state index contributed by atoms with van der Waals surface area (Å²) in [6.45, 7) is 8.64. The first-order valence-corrected chi connectivity index (χ1v) is 11.6. The van der Waals surface area contributed by atoms with Crippen molar-refractivity contribution in [3.05, 3.63) is 62.5 Å². The van der Waals surface area contributed by atoms with Gasteiger partial charge in [0.1, 0.15) is 11.9 Å². The molecule has 0 saturated heterocycles. The second kappa shape index (κ2) is 8.36. The van der Waals surface area contributed by atoms with E-state index in [-0.39, 0.29) is 23.0 Å². The number of carbonyl (C=O) groups is 1. The molecule has 2 heterocycles. The van der Waals surface area contributed by atoms with Crippen LogP contribution in [0.5, 0.6) is 0 Å². The molecule has 1 N–H and O–H groups in total. The van der Waals surface area contributed by atoms with E-state index in [9.17, 15) is 9.18 Å². The first kappa shape index (κ1) is 22.0. The van der Waals surface area contributed by atoms with Gasteiger partial charge in [-0.1, -0.05) is 38.4 Å². The maximum absolute atomic E-state index is 13.8. The van der Waals surface area contributed by atoms with Crippen molar-refractivity contribution in [2.45, 2.75) is 40.2 Å². The van der Waals surface area contributed by atoms with E-state index in [1.165, 1.54) is 23.5 Å². The highest BCUT2D eigenvalue weighted by atomic mass is 35.5.